The number of nitriles is 1. The van der Waals surface area contributed by atoms with Crippen molar-refractivity contribution in [1.82, 2.24) is 19.8 Å². The summed E-state index contributed by atoms with van der Waals surface area (Å²) in [5.74, 6) is 0. The van der Waals surface area contributed by atoms with Gasteiger partial charge in [-0.1, -0.05) is 12.1 Å². The van der Waals surface area contributed by atoms with E-state index in [4.69, 9.17) is 33.9 Å². The maximum Gasteiger partial charge on any atom is 0.0587 e. The minimum atomic E-state index is -4.94. The molecule has 0 saturated heterocycles. The van der Waals surface area contributed by atoms with E-state index in [1.807, 2.05) is 0 Å². The molecule has 0 saturated carbocycles. The van der Waals surface area contributed by atoms with E-state index in [1.165, 1.54) is 6.92 Å². The standard InChI is InChI=1S/C16H20N4.C2H3N.2CH3.ClHO4.Pd/c1-19-9-13-5-3-7-15(17-13)11-20(2)12-16-8-4-6-14(10-19)18-16;1-2-3;;;2-1(3,4)5;/h3-8H,9-12H2,1-2H3;1H3;2*1H3;(H,2,3,4,5);/q;;2*-1;;/p-1. The Morgan fingerprint density at radius 2 is 0.968 bits per heavy atom. The molecular formula is C20H29ClN5O4Pd-3. The fraction of sp³-hybridized carbons (Fsp3) is 0.350. The Bertz CT molecular complexity index is 685. The smallest absolute Gasteiger partial charge is 0.0587 e. The van der Waals surface area contributed by atoms with Gasteiger partial charge in [-0.25, -0.2) is 18.6 Å². The van der Waals surface area contributed by atoms with Gasteiger partial charge in [0.25, 0.3) is 0 Å². The van der Waals surface area contributed by atoms with Crippen molar-refractivity contribution < 1.29 is 49.3 Å². The SMILES string of the molecule is CC#N.CN1Cc2cccc(n2)CN(C)Cc2cccc(n2)C1.[CH3-].[CH3-].[O-][Cl+3]([O-])([O-])[O-].[Pd]. The number of fused-ring (bicyclic) bond motifs is 4. The van der Waals surface area contributed by atoms with Crippen LogP contribution in [0.3, 0.4) is 0 Å². The van der Waals surface area contributed by atoms with Crippen LogP contribution >= 0.6 is 0 Å². The molecule has 31 heavy (non-hydrogen) atoms. The van der Waals surface area contributed by atoms with Crippen LogP contribution in [0.5, 0.6) is 0 Å². The van der Waals surface area contributed by atoms with Crippen molar-refractivity contribution in [2.45, 2.75) is 33.1 Å². The van der Waals surface area contributed by atoms with Crippen molar-refractivity contribution >= 4 is 0 Å². The Morgan fingerprint density at radius 1 is 0.774 bits per heavy atom. The van der Waals surface area contributed by atoms with Gasteiger partial charge in [-0.3, -0.25) is 19.8 Å². The molecular weight excluding hydrogens is 516 g/mol. The van der Waals surface area contributed by atoms with Gasteiger partial charge in [0.05, 0.1) is 28.8 Å². The third-order valence-corrected chi connectivity index (χ3v) is 3.46. The Kier molecular flexibility index (Phi) is 18.8. The summed E-state index contributed by atoms with van der Waals surface area (Å²) in [7, 11) is -0.721. The first-order chi connectivity index (χ1) is 13.1. The van der Waals surface area contributed by atoms with E-state index in [2.05, 4.69) is 60.3 Å². The Hall–Kier alpha value is -1.50. The van der Waals surface area contributed by atoms with Gasteiger partial charge in [-0.15, -0.1) is 10.2 Å². The molecule has 0 amide bonds. The summed E-state index contributed by atoms with van der Waals surface area (Å²) in [6.07, 6.45) is 0. The normalized spacial score (nSPS) is 13.4. The topological polar surface area (TPSA) is 148 Å². The molecule has 1 aliphatic heterocycles. The number of rotatable bonds is 0. The van der Waals surface area contributed by atoms with Crippen LogP contribution in [0.4, 0.5) is 0 Å². The Balaban J connectivity index is -0.000000623. The molecule has 3 heterocycles. The quantitative estimate of drug-likeness (QED) is 0.292. The maximum absolute atomic E-state index is 8.49. The molecule has 9 nitrogen and oxygen atoms in total. The van der Waals surface area contributed by atoms with Gasteiger partial charge in [0.1, 0.15) is 0 Å². The fourth-order valence-electron chi connectivity index (χ4n) is 2.63. The van der Waals surface area contributed by atoms with Crippen LogP contribution in [-0.2, 0) is 46.6 Å². The molecule has 2 aromatic rings. The van der Waals surface area contributed by atoms with Gasteiger partial charge >= 0.3 is 0 Å². The number of pyridine rings is 2. The van der Waals surface area contributed by atoms with Crippen LogP contribution in [0.2, 0.25) is 0 Å². The second-order valence-corrected chi connectivity index (χ2v) is 6.94. The van der Waals surface area contributed by atoms with Crippen molar-refractivity contribution in [3.8, 4) is 6.07 Å². The molecule has 3 rings (SSSR count). The predicted octanol–water partition coefficient (Wildman–Crippen LogP) is -1.27. The number of halogens is 1. The van der Waals surface area contributed by atoms with Gasteiger partial charge < -0.3 is 14.9 Å². The van der Waals surface area contributed by atoms with E-state index in [-0.39, 0.29) is 35.3 Å². The van der Waals surface area contributed by atoms with E-state index in [0.717, 1.165) is 49.0 Å². The van der Waals surface area contributed by atoms with Crippen molar-refractivity contribution in [1.29, 1.82) is 5.26 Å². The zero-order valence-electron chi connectivity index (χ0n) is 18.4. The molecule has 4 bridgehead atoms. The second-order valence-electron chi connectivity index (χ2n) is 6.19. The molecule has 0 fully saturated rings. The van der Waals surface area contributed by atoms with Gasteiger partial charge in [0.15, 0.2) is 0 Å². The molecule has 0 aromatic carbocycles. The largest absolute Gasteiger partial charge is 0.358 e. The molecule has 0 radical (unpaired) electrons. The van der Waals surface area contributed by atoms with Crippen LogP contribution in [0.25, 0.3) is 0 Å². The van der Waals surface area contributed by atoms with E-state index in [1.54, 1.807) is 6.07 Å². The summed E-state index contributed by atoms with van der Waals surface area (Å²) >= 11 is 0. The molecule has 1 aliphatic rings. The van der Waals surface area contributed by atoms with E-state index >= 15 is 0 Å². The average molecular weight is 545 g/mol. The molecule has 178 valence electrons. The van der Waals surface area contributed by atoms with Crippen molar-refractivity contribution in [3.05, 3.63) is 74.0 Å². The van der Waals surface area contributed by atoms with E-state index < -0.39 is 10.2 Å². The summed E-state index contributed by atoms with van der Waals surface area (Å²) < 4.78 is 34.0. The van der Waals surface area contributed by atoms with Crippen LogP contribution in [0.15, 0.2) is 36.4 Å². The third kappa shape index (κ3) is 16.8. The number of aromatic nitrogens is 2. The predicted molar refractivity (Wildman–Crippen MR) is 103 cm³/mol. The van der Waals surface area contributed by atoms with Crippen molar-refractivity contribution in [3.63, 3.8) is 0 Å². The maximum atomic E-state index is 8.49. The molecule has 0 spiro atoms. The molecule has 0 aliphatic carbocycles. The summed E-state index contributed by atoms with van der Waals surface area (Å²) in [5, 5.41) is 7.32. The van der Waals surface area contributed by atoms with Crippen LogP contribution in [0.1, 0.15) is 29.7 Å². The van der Waals surface area contributed by atoms with Crippen molar-refractivity contribution in [2.75, 3.05) is 14.1 Å². The van der Waals surface area contributed by atoms with Crippen LogP contribution in [-0.4, -0.2) is 33.9 Å². The minimum Gasteiger partial charge on any atom is -0.358 e. The van der Waals surface area contributed by atoms with Crippen LogP contribution in [0, 0.1) is 36.4 Å². The molecule has 0 N–H and O–H groups in total. The Labute approximate surface area is 201 Å². The second kappa shape index (κ2) is 17.1. The zero-order valence-corrected chi connectivity index (χ0v) is 20.7. The molecule has 11 heteroatoms. The number of nitrogens with zero attached hydrogens (tertiary/aromatic N) is 5. The minimum absolute atomic E-state index is 0. The fourth-order valence-corrected chi connectivity index (χ4v) is 2.63. The average Bonchev–Trinajstić information content (AvgIpc) is 2.53. The zero-order chi connectivity index (χ0) is 21.2. The first-order valence-electron chi connectivity index (χ1n) is 8.30. The number of hydrogen-bond acceptors (Lipinski definition) is 9. The summed E-state index contributed by atoms with van der Waals surface area (Å²) in [6.45, 7) is 4.83. The first kappa shape index (κ1) is 34.1. The van der Waals surface area contributed by atoms with E-state index in [0.29, 0.717) is 0 Å². The van der Waals surface area contributed by atoms with Gasteiger partial charge in [-0.05, 0) is 38.4 Å². The van der Waals surface area contributed by atoms with Gasteiger partial charge in [-0.2, -0.15) is 5.26 Å². The van der Waals surface area contributed by atoms with Crippen molar-refractivity contribution in [2.24, 2.45) is 0 Å². The summed E-state index contributed by atoms with van der Waals surface area (Å²) in [6, 6.07) is 14.3. The molecule has 0 unspecified atom stereocenters. The summed E-state index contributed by atoms with van der Waals surface area (Å²) in [4.78, 5) is 14.0. The van der Waals surface area contributed by atoms with E-state index in [9.17, 15) is 0 Å². The molecule has 2 aromatic heterocycles. The first-order valence-corrected chi connectivity index (χ1v) is 9.53. The Morgan fingerprint density at radius 3 is 1.16 bits per heavy atom. The summed E-state index contributed by atoms with van der Waals surface area (Å²) in [5.41, 5.74) is 4.48. The number of hydrogen-bond donors (Lipinski definition) is 0. The van der Waals surface area contributed by atoms with Gasteiger partial charge in [0, 0.05) is 53.5 Å². The van der Waals surface area contributed by atoms with Gasteiger partial charge in [0.2, 0.25) is 0 Å². The molecule has 0 atom stereocenters. The third-order valence-electron chi connectivity index (χ3n) is 3.46. The monoisotopic (exact) mass is 544 g/mol. The van der Waals surface area contributed by atoms with Crippen LogP contribution < -0.4 is 18.6 Å².